The van der Waals surface area contributed by atoms with Crippen molar-refractivity contribution in [1.29, 1.82) is 0 Å². The minimum absolute atomic E-state index is 0.0144. The monoisotopic (exact) mass is 183 g/mol. The van der Waals surface area contributed by atoms with Crippen molar-refractivity contribution in [3.8, 4) is 11.8 Å². The van der Waals surface area contributed by atoms with Gasteiger partial charge < -0.3 is 15.9 Å². The molecule has 72 valence electrons. The quantitative estimate of drug-likeness (QED) is 0.635. The molecular weight excluding hydrogens is 170 g/mol. The van der Waals surface area contributed by atoms with Gasteiger partial charge in [0.05, 0.1) is 5.56 Å². The molecule has 0 saturated heterocycles. The molecule has 0 spiro atoms. The zero-order valence-corrected chi connectivity index (χ0v) is 7.65. The summed E-state index contributed by atoms with van der Waals surface area (Å²) in [4.78, 5) is 7.13. The zero-order chi connectivity index (χ0) is 10.0. The molecular formula is C8H13N3O2. The molecule has 13 heavy (non-hydrogen) atoms. The minimum Gasteiger partial charge on any atom is -0.493 e. The third-order valence-corrected chi connectivity index (χ3v) is 2.03. The van der Waals surface area contributed by atoms with Gasteiger partial charge in [0.25, 0.3) is 0 Å². The van der Waals surface area contributed by atoms with Gasteiger partial charge in [0, 0.05) is 0 Å². The van der Waals surface area contributed by atoms with E-state index < -0.39 is 0 Å². The number of anilines is 1. The summed E-state index contributed by atoms with van der Waals surface area (Å²) in [6.45, 7) is 3.81. The van der Waals surface area contributed by atoms with Gasteiger partial charge in [0.1, 0.15) is 0 Å². The third kappa shape index (κ3) is 1.80. The van der Waals surface area contributed by atoms with Crippen LogP contribution >= 0.6 is 0 Å². The molecule has 0 aromatic carbocycles. The highest BCUT2D eigenvalue weighted by Gasteiger charge is 2.17. The molecule has 1 aromatic heterocycles. The molecule has 0 radical (unpaired) electrons. The van der Waals surface area contributed by atoms with E-state index in [1.807, 2.05) is 13.8 Å². The standard InChI is InChI=1S/C8H13N3O2/c1-3-4(2)5-6(12)10-8(9)11-7(5)13/h4H,3H2,1-2H3,(H4,9,10,11,12,13). The lowest BCUT2D eigenvalue weighted by Crippen LogP contribution is -2.01. The Morgan fingerprint density at radius 1 is 1.31 bits per heavy atom. The van der Waals surface area contributed by atoms with E-state index in [9.17, 15) is 10.2 Å². The zero-order valence-electron chi connectivity index (χ0n) is 7.65. The Morgan fingerprint density at radius 2 is 1.77 bits per heavy atom. The van der Waals surface area contributed by atoms with E-state index in [2.05, 4.69) is 9.97 Å². The summed E-state index contributed by atoms with van der Waals surface area (Å²) in [5.41, 5.74) is 5.59. The molecule has 4 N–H and O–H groups in total. The molecule has 5 nitrogen and oxygen atoms in total. The van der Waals surface area contributed by atoms with Gasteiger partial charge in [-0.05, 0) is 12.3 Å². The summed E-state index contributed by atoms with van der Waals surface area (Å²) in [6, 6.07) is 0. The summed E-state index contributed by atoms with van der Waals surface area (Å²) in [6.07, 6.45) is 0.786. The maximum Gasteiger partial charge on any atom is 0.226 e. The van der Waals surface area contributed by atoms with Crippen LogP contribution in [0, 0.1) is 0 Å². The van der Waals surface area contributed by atoms with Crippen molar-refractivity contribution in [2.75, 3.05) is 5.73 Å². The van der Waals surface area contributed by atoms with E-state index in [0.29, 0.717) is 5.56 Å². The fourth-order valence-corrected chi connectivity index (χ4v) is 1.11. The fraction of sp³-hybridized carbons (Fsp3) is 0.500. The van der Waals surface area contributed by atoms with E-state index in [1.54, 1.807) is 0 Å². The van der Waals surface area contributed by atoms with E-state index in [0.717, 1.165) is 6.42 Å². The van der Waals surface area contributed by atoms with Gasteiger partial charge in [-0.3, -0.25) is 0 Å². The van der Waals surface area contributed by atoms with Crippen LogP contribution in [0.15, 0.2) is 0 Å². The van der Waals surface area contributed by atoms with Crippen molar-refractivity contribution in [1.82, 2.24) is 9.97 Å². The summed E-state index contributed by atoms with van der Waals surface area (Å²) in [7, 11) is 0. The second-order valence-corrected chi connectivity index (χ2v) is 2.95. The molecule has 0 saturated carbocycles. The minimum atomic E-state index is -0.237. The first-order valence-electron chi connectivity index (χ1n) is 4.11. The van der Waals surface area contributed by atoms with Crippen molar-refractivity contribution >= 4 is 5.95 Å². The highest BCUT2D eigenvalue weighted by molar-refractivity contribution is 5.40. The average Bonchev–Trinajstić information content (AvgIpc) is 2.02. The number of rotatable bonds is 2. The van der Waals surface area contributed by atoms with Crippen LogP contribution in [0.4, 0.5) is 5.95 Å². The number of nitrogens with zero attached hydrogens (tertiary/aromatic N) is 2. The second kappa shape index (κ2) is 3.47. The Labute approximate surface area is 76.3 Å². The van der Waals surface area contributed by atoms with E-state index in [4.69, 9.17) is 5.73 Å². The van der Waals surface area contributed by atoms with Crippen LogP contribution in [0.5, 0.6) is 11.8 Å². The summed E-state index contributed by atoms with van der Waals surface area (Å²) < 4.78 is 0. The van der Waals surface area contributed by atoms with Crippen molar-refractivity contribution in [2.45, 2.75) is 26.2 Å². The number of hydrogen-bond acceptors (Lipinski definition) is 5. The van der Waals surface area contributed by atoms with Crippen molar-refractivity contribution in [3.05, 3.63) is 5.56 Å². The molecule has 1 atom stereocenters. The van der Waals surface area contributed by atoms with Crippen LogP contribution < -0.4 is 5.73 Å². The highest BCUT2D eigenvalue weighted by Crippen LogP contribution is 2.32. The molecule has 1 aromatic rings. The number of nitrogen functional groups attached to an aromatic ring is 1. The normalized spacial score (nSPS) is 12.8. The second-order valence-electron chi connectivity index (χ2n) is 2.95. The molecule has 0 bridgehead atoms. The molecule has 1 heterocycles. The van der Waals surface area contributed by atoms with E-state index in [1.165, 1.54) is 0 Å². The van der Waals surface area contributed by atoms with Gasteiger partial charge in [0.15, 0.2) is 0 Å². The van der Waals surface area contributed by atoms with Crippen LogP contribution in [0.25, 0.3) is 0 Å². The van der Waals surface area contributed by atoms with Gasteiger partial charge in [-0.1, -0.05) is 13.8 Å². The van der Waals surface area contributed by atoms with Crippen LogP contribution in [0.1, 0.15) is 31.7 Å². The number of aromatic hydroxyl groups is 2. The van der Waals surface area contributed by atoms with Crippen LogP contribution in [0.2, 0.25) is 0 Å². The van der Waals surface area contributed by atoms with Crippen molar-refractivity contribution in [2.24, 2.45) is 0 Å². The van der Waals surface area contributed by atoms with E-state index in [-0.39, 0.29) is 23.6 Å². The first kappa shape index (κ1) is 9.57. The topological polar surface area (TPSA) is 92.3 Å². The molecule has 0 fully saturated rings. The smallest absolute Gasteiger partial charge is 0.226 e. The van der Waals surface area contributed by atoms with Crippen LogP contribution in [0.3, 0.4) is 0 Å². The molecule has 1 rings (SSSR count). The van der Waals surface area contributed by atoms with Crippen LogP contribution in [-0.2, 0) is 0 Å². The number of nitrogens with two attached hydrogens (primary N) is 1. The Hall–Kier alpha value is -1.52. The van der Waals surface area contributed by atoms with Gasteiger partial charge in [0.2, 0.25) is 17.7 Å². The van der Waals surface area contributed by atoms with Crippen molar-refractivity contribution < 1.29 is 10.2 Å². The average molecular weight is 183 g/mol. The Kier molecular flexibility index (Phi) is 2.55. The largest absolute Gasteiger partial charge is 0.493 e. The molecule has 0 amide bonds. The Balaban J connectivity index is 3.20. The maximum atomic E-state index is 9.38. The predicted molar refractivity (Wildman–Crippen MR) is 48.5 cm³/mol. The van der Waals surface area contributed by atoms with Gasteiger partial charge >= 0.3 is 0 Å². The van der Waals surface area contributed by atoms with Gasteiger partial charge in [-0.15, -0.1) is 0 Å². The SMILES string of the molecule is CCC(C)c1c(O)nc(N)nc1O. The maximum absolute atomic E-state index is 9.38. The predicted octanol–water partition coefficient (Wildman–Crippen LogP) is 0.983. The first-order chi connectivity index (χ1) is 6.06. The molecule has 1 unspecified atom stereocenters. The fourth-order valence-electron chi connectivity index (χ4n) is 1.11. The highest BCUT2D eigenvalue weighted by atomic mass is 16.3. The number of hydrogen-bond donors (Lipinski definition) is 3. The Morgan fingerprint density at radius 3 is 2.15 bits per heavy atom. The van der Waals surface area contributed by atoms with Crippen molar-refractivity contribution in [3.63, 3.8) is 0 Å². The molecule has 0 aliphatic heterocycles. The van der Waals surface area contributed by atoms with Gasteiger partial charge in [-0.2, -0.15) is 9.97 Å². The molecule has 0 aliphatic rings. The molecule has 5 heteroatoms. The first-order valence-corrected chi connectivity index (χ1v) is 4.11. The third-order valence-electron chi connectivity index (χ3n) is 2.03. The summed E-state index contributed by atoms with van der Waals surface area (Å²) in [5, 5.41) is 18.8. The Bertz CT molecular complexity index is 291. The number of aromatic nitrogens is 2. The lowest BCUT2D eigenvalue weighted by Gasteiger charge is -2.11. The lowest BCUT2D eigenvalue weighted by atomic mass is 10.0. The molecule has 0 aliphatic carbocycles. The summed E-state index contributed by atoms with van der Waals surface area (Å²) >= 11 is 0. The van der Waals surface area contributed by atoms with Gasteiger partial charge in [-0.25, -0.2) is 0 Å². The van der Waals surface area contributed by atoms with E-state index >= 15 is 0 Å². The summed E-state index contributed by atoms with van der Waals surface area (Å²) in [5.74, 6) is -0.582. The van der Waals surface area contributed by atoms with Crippen LogP contribution in [-0.4, -0.2) is 20.2 Å². The lowest BCUT2D eigenvalue weighted by molar-refractivity contribution is 0.402.